The lowest BCUT2D eigenvalue weighted by molar-refractivity contribution is 0.0600. The van der Waals surface area contributed by atoms with E-state index in [9.17, 15) is 9.59 Å². The molecule has 0 saturated carbocycles. The van der Waals surface area contributed by atoms with Gasteiger partial charge < -0.3 is 10.1 Å². The lowest BCUT2D eigenvalue weighted by Crippen LogP contribution is -2.24. The van der Waals surface area contributed by atoms with E-state index in [1.807, 2.05) is 0 Å². The molecule has 0 aromatic heterocycles. The Morgan fingerprint density at radius 2 is 1.94 bits per heavy atom. The van der Waals surface area contributed by atoms with Gasteiger partial charge in [-0.3, -0.25) is 4.79 Å². The summed E-state index contributed by atoms with van der Waals surface area (Å²) in [4.78, 5) is 23.1. The zero-order chi connectivity index (χ0) is 13.4. The van der Waals surface area contributed by atoms with Gasteiger partial charge in [-0.05, 0) is 24.6 Å². The molecule has 0 atom stereocenters. The van der Waals surface area contributed by atoms with E-state index in [0.717, 1.165) is 19.3 Å². The van der Waals surface area contributed by atoms with Crippen LogP contribution in [-0.2, 0) is 4.74 Å². The van der Waals surface area contributed by atoms with Gasteiger partial charge in [0.2, 0.25) is 0 Å². The maximum absolute atomic E-state index is 11.8. The van der Waals surface area contributed by atoms with E-state index >= 15 is 0 Å². The van der Waals surface area contributed by atoms with Crippen LogP contribution in [0.3, 0.4) is 0 Å². The number of carbonyl (C=O) groups is 2. The van der Waals surface area contributed by atoms with Crippen LogP contribution in [0.15, 0.2) is 24.3 Å². The first-order chi connectivity index (χ1) is 8.69. The molecule has 0 aliphatic heterocycles. The second-order valence-corrected chi connectivity index (χ2v) is 4.04. The Bertz CT molecular complexity index is 415. The summed E-state index contributed by atoms with van der Waals surface area (Å²) in [5.41, 5.74) is 0.869. The molecule has 1 amide bonds. The van der Waals surface area contributed by atoms with Gasteiger partial charge in [-0.15, -0.1) is 0 Å². The molecule has 1 aromatic rings. The molecule has 0 aliphatic carbocycles. The summed E-state index contributed by atoms with van der Waals surface area (Å²) in [6.07, 6.45) is 3.19. The molecule has 4 nitrogen and oxygen atoms in total. The van der Waals surface area contributed by atoms with Gasteiger partial charge >= 0.3 is 5.97 Å². The maximum atomic E-state index is 11.8. The van der Waals surface area contributed by atoms with Crippen molar-refractivity contribution < 1.29 is 14.3 Å². The largest absolute Gasteiger partial charge is 0.465 e. The molecular weight excluding hydrogens is 230 g/mol. The Kier molecular flexibility index (Phi) is 5.91. The number of carbonyl (C=O) groups excluding carboxylic acids is 2. The number of benzene rings is 1. The Balaban J connectivity index is 2.60. The highest BCUT2D eigenvalue weighted by molar-refractivity contribution is 5.97. The number of hydrogen-bond acceptors (Lipinski definition) is 3. The van der Waals surface area contributed by atoms with Crippen LogP contribution in [-0.4, -0.2) is 25.5 Å². The summed E-state index contributed by atoms with van der Waals surface area (Å²) >= 11 is 0. The van der Waals surface area contributed by atoms with Gasteiger partial charge in [-0.1, -0.05) is 25.8 Å². The summed E-state index contributed by atoms with van der Waals surface area (Å²) in [6.45, 7) is 2.77. The van der Waals surface area contributed by atoms with Crippen molar-refractivity contribution in [2.24, 2.45) is 0 Å². The third-order valence-corrected chi connectivity index (χ3v) is 2.61. The first kappa shape index (κ1) is 14.2. The number of methoxy groups -OCH3 is 1. The van der Waals surface area contributed by atoms with Gasteiger partial charge in [-0.2, -0.15) is 0 Å². The average molecular weight is 249 g/mol. The smallest absolute Gasteiger partial charge is 0.337 e. The second-order valence-electron chi connectivity index (χ2n) is 4.04. The summed E-state index contributed by atoms with van der Waals surface area (Å²) in [7, 11) is 1.32. The van der Waals surface area contributed by atoms with Gasteiger partial charge in [0.15, 0.2) is 0 Å². The van der Waals surface area contributed by atoms with Gasteiger partial charge in [0.05, 0.1) is 12.7 Å². The lowest BCUT2D eigenvalue weighted by atomic mass is 10.1. The van der Waals surface area contributed by atoms with Crippen molar-refractivity contribution in [3.63, 3.8) is 0 Å². The summed E-state index contributed by atoms with van der Waals surface area (Å²) in [5.74, 6) is -0.590. The zero-order valence-corrected chi connectivity index (χ0v) is 10.9. The Morgan fingerprint density at radius 3 is 2.61 bits per heavy atom. The van der Waals surface area contributed by atoms with Crippen LogP contribution in [0.4, 0.5) is 0 Å². The molecule has 0 aliphatic rings. The Labute approximate surface area is 107 Å². The number of hydrogen-bond donors (Lipinski definition) is 1. The zero-order valence-electron chi connectivity index (χ0n) is 10.9. The fraction of sp³-hybridized carbons (Fsp3) is 0.429. The van der Waals surface area contributed by atoms with Crippen molar-refractivity contribution >= 4 is 11.9 Å². The van der Waals surface area contributed by atoms with Crippen LogP contribution in [0.2, 0.25) is 0 Å². The molecule has 0 heterocycles. The van der Waals surface area contributed by atoms with Crippen LogP contribution < -0.4 is 5.32 Å². The molecule has 0 unspecified atom stereocenters. The van der Waals surface area contributed by atoms with E-state index in [0.29, 0.717) is 17.7 Å². The van der Waals surface area contributed by atoms with Crippen molar-refractivity contribution in [3.8, 4) is 0 Å². The van der Waals surface area contributed by atoms with E-state index in [1.165, 1.54) is 7.11 Å². The Morgan fingerprint density at radius 1 is 1.22 bits per heavy atom. The van der Waals surface area contributed by atoms with Gasteiger partial charge in [0.1, 0.15) is 0 Å². The Hall–Kier alpha value is -1.84. The number of amides is 1. The predicted molar refractivity (Wildman–Crippen MR) is 69.6 cm³/mol. The molecule has 0 saturated heterocycles. The van der Waals surface area contributed by atoms with Gasteiger partial charge in [0.25, 0.3) is 5.91 Å². The maximum Gasteiger partial charge on any atom is 0.337 e. The van der Waals surface area contributed by atoms with Crippen molar-refractivity contribution in [1.29, 1.82) is 0 Å². The number of esters is 1. The minimum absolute atomic E-state index is 0.156. The highest BCUT2D eigenvalue weighted by Gasteiger charge is 2.09. The highest BCUT2D eigenvalue weighted by Crippen LogP contribution is 2.06. The molecule has 0 spiro atoms. The number of rotatable bonds is 6. The number of unbranched alkanes of at least 4 members (excludes halogenated alkanes) is 2. The first-order valence-electron chi connectivity index (χ1n) is 6.15. The van der Waals surface area contributed by atoms with Crippen LogP contribution in [0.1, 0.15) is 46.9 Å². The van der Waals surface area contributed by atoms with Gasteiger partial charge in [-0.25, -0.2) is 4.79 Å². The fourth-order valence-electron chi connectivity index (χ4n) is 1.58. The SMILES string of the molecule is CCCCCNC(=O)c1cccc(C(=O)OC)c1. The van der Waals surface area contributed by atoms with E-state index < -0.39 is 5.97 Å². The summed E-state index contributed by atoms with van der Waals surface area (Å²) in [6, 6.07) is 6.52. The summed E-state index contributed by atoms with van der Waals surface area (Å²) in [5, 5.41) is 2.83. The first-order valence-corrected chi connectivity index (χ1v) is 6.15. The van der Waals surface area contributed by atoms with Crippen molar-refractivity contribution in [1.82, 2.24) is 5.32 Å². The third-order valence-electron chi connectivity index (χ3n) is 2.61. The third kappa shape index (κ3) is 4.20. The minimum atomic E-state index is -0.435. The van der Waals surface area contributed by atoms with Crippen molar-refractivity contribution in [2.75, 3.05) is 13.7 Å². The summed E-state index contributed by atoms with van der Waals surface area (Å²) < 4.78 is 4.61. The normalized spacial score (nSPS) is 9.89. The molecule has 0 radical (unpaired) electrons. The molecular formula is C14H19NO3. The second kappa shape index (κ2) is 7.48. The molecule has 18 heavy (non-hydrogen) atoms. The lowest BCUT2D eigenvalue weighted by Gasteiger charge is -2.06. The topological polar surface area (TPSA) is 55.4 Å². The molecule has 1 aromatic carbocycles. The van der Waals surface area contributed by atoms with Crippen LogP contribution >= 0.6 is 0 Å². The van der Waals surface area contributed by atoms with E-state index in [4.69, 9.17) is 0 Å². The molecule has 0 bridgehead atoms. The van der Waals surface area contributed by atoms with Crippen LogP contribution in [0.5, 0.6) is 0 Å². The fourth-order valence-corrected chi connectivity index (χ4v) is 1.58. The van der Waals surface area contributed by atoms with Crippen LogP contribution in [0, 0.1) is 0 Å². The monoisotopic (exact) mass is 249 g/mol. The van der Waals surface area contributed by atoms with Gasteiger partial charge in [0, 0.05) is 12.1 Å². The molecule has 1 N–H and O–H groups in total. The molecule has 1 rings (SSSR count). The quantitative estimate of drug-likeness (QED) is 0.622. The molecule has 0 fully saturated rings. The average Bonchev–Trinajstić information content (AvgIpc) is 2.42. The van der Waals surface area contributed by atoms with E-state index in [2.05, 4.69) is 17.0 Å². The van der Waals surface area contributed by atoms with E-state index in [1.54, 1.807) is 24.3 Å². The molecule has 98 valence electrons. The van der Waals surface area contributed by atoms with E-state index in [-0.39, 0.29) is 5.91 Å². The number of nitrogens with one attached hydrogen (secondary N) is 1. The minimum Gasteiger partial charge on any atom is -0.465 e. The van der Waals surface area contributed by atoms with Crippen molar-refractivity contribution in [2.45, 2.75) is 26.2 Å². The number of ether oxygens (including phenoxy) is 1. The van der Waals surface area contributed by atoms with Crippen molar-refractivity contribution in [3.05, 3.63) is 35.4 Å². The highest BCUT2D eigenvalue weighted by atomic mass is 16.5. The standard InChI is InChI=1S/C14H19NO3/c1-3-4-5-9-15-13(16)11-7-6-8-12(10-11)14(17)18-2/h6-8,10H,3-5,9H2,1-2H3,(H,15,16). The van der Waals surface area contributed by atoms with Crippen LogP contribution in [0.25, 0.3) is 0 Å². The molecule has 4 heteroatoms. The predicted octanol–water partition coefficient (Wildman–Crippen LogP) is 2.39.